The van der Waals surface area contributed by atoms with Crippen molar-refractivity contribution in [1.29, 1.82) is 0 Å². The van der Waals surface area contributed by atoms with Crippen molar-refractivity contribution in [1.82, 2.24) is 0 Å². The third-order valence-electron chi connectivity index (χ3n) is 2.26. The first-order valence-electron chi connectivity index (χ1n) is 5.28. The Labute approximate surface area is 96.4 Å². The molecule has 0 saturated heterocycles. The van der Waals surface area contributed by atoms with Crippen molar-refractivity contribution in [3.8, 4) is 5.75 Å². The fourth-order valence-corrected chi connectivity index (χ4v) is 1.54. The molecule has 0 aromatic heterocycles. The second kappa shape index (κ2) is 5.99. The molecule has 0 aliphatic carbocycles. The van der Waals surface area contributed by atoms with Crippen LogP contribution in [0.5, 0.6) is 5.75 Å². The molecular formula is C12H18ClNO. The zero-order valence-electron chi connectivity index (χ0n) is 9.29. The van der Waals surface area contributed by atoms with E-state index in [1.54, 1.807) is 0 Å². The van der Waals surface area contributed by atoms with Crippen LogP contribution in [-0.2, 0) is 0 Å². The lowest BCUT2D eigenvalue weighted by molar-refractivity contribution is 0.280. The summed E-state index contributed by atoms with van der Waals surface area (Å²) in [5.74, 6) is 0.828. The number of aryl methyl sites for hydroxylation is 1. The van der Waals surface area contributed by atoms with E-state index in [9.17, 15) is 0 Å². The van der Waals surface area contributed by atoms with Crippen molar-refractivity contribution in [2.24, 2.45) is 5.73 Å². The van der Waals surface area contributed by atoms with Crippen molar-refractivity contribution in [2.45, 2.75) is 32.7 Å². The van der Waals surface area contributed by atoms with Gasteiger partial charge in [0.15, 0.2) is 0 Å². The van der Waals surface area contributed by atoms with E-state index in [4.69, 9.17) is 22.1 Å². The summed E-state index contributed by atoms with van der Waals surface area (Å²) in [7, 11) is 0. The smallest absolute Gasteiger partial charge is 0.123 e. The molecule has 1 unspecified atom stereocenters. The van der Waals surface area contributed by atoms with E-state index in [1.807, 2.05) is 25.1 Å². The number of hydrogen-bond acceptors (Lipinski definition) is 2. The average molecular weight is 228 g/mol. The lowest BCUT2D eigenvalue weighted by atomic mass is 10.2. The van der Waals surface area contributed by atoms with Crippen LogP contribution in [0.15, 0.2) is 18.2 Å². The van der Waals surface area contributed by atoms with Gasteiger partial charge in [-0.3, -0.25) is 0 Å². The first-order valence-corrected chi connectivity index (χ1v) is 5.65. The maximum absolute atomic E-state index is 5.88. The molecule has 1 atom stereocenters. The monoisotopic (exact) mass is 227 g/mol. The Balaban J connectivity index is 2.53. The highest BCUT2D eigenvalue weighted by Gasteiger charge is 2.04. The largest absolute Gasteiger partial charge is 0.492 e. The third-order valence-corrected chi connectivity index (χ3v) is 2.50. The maximum Gasteiger partial charge on any atom is 0.123 e. The predicted octanol–water partition coefficient (Wildman–Crippen LogP) is 3.15. The molecule has 0 aliphatic heterocycles. The van der Waals surface area contributed by atoms with Crippen LogP contribution in [0.1, 0.15) is 25.3 Å². The number of hydrogen-bond donors (Lipinski definition) is 1. The van der Waals surface area contributed by atoms with Crippen LogP contribution in [0.2, 0.25) is 5.02 Å². The summed E-state index contributed by atoms with van der Waals surface area (Å²) < 4.78 is 5.62. The molecule has 0 radical (unpaired) electrons. The second-order valence-electron chi connectivity index (χ2n) is 3.77. The summed E-state index contributed by atoms with van der Waals surface area (Å²) in [6.45, 7) is 4.66. The minimum atomic E-state index is 0.105. The van der Waals surface area contributed by atoms with Gasteiger partial charge in [-0.25, -0.2) is 0 Å². The summed E-state index contributed by atoms with van der Waals surface area (Å²) in [4.78, 5) is 0. The van der Waals surface area contributed by atoms with Crippen LogP contribution in [-0.4, -0.2) is 12.6 Å². The quantitative estimate of drug-likeness (QED) is 0.839. The zero-order valence-corrected chi connectivity index (χ0v) is 10.1. The van der Waals surface area contributed by atoms with E-state index in [2.05, 4.69) is 6.92 Å². The van der Waals surface area contributed by atoms with E-state index in [0.717, 1.165) is 24.2 Å². The molecular weight excluding hydrogens is 210 g/mol. The van der Waals surface area contributed by atoms with Gasteiger partial charge in [0, 0.05) is 11.1 Å². The van der Waals surface area contributed by atoms with Crippen LogP contribution in [0.25, 0.3) is 0 Å². The SMILES string of the molecule is CCCC(N)COc1cc(Cl)ccc1C. The Hall–Kier alpha value is -0.730. The minimum absolute atomic E-state index is 0.105. The molecule has 1 aromatic carbocycles. The summed E-state index contributed by atoms with van der Waals surface area (Å²) in [6.07, 6.45) is 2.07. The van der Waals surface area contributed by atoms with Gasteiger partial charge in [0.1, 0.15) is 12.4 Å². The van der Waals surface area contributed by atoms with E-state index in [0.29, 0.717) is 11.6 Å². The number of nitrogens with two attached hydrogens (primary N) is 1. The van der Waals surface area contributed by atoms with Gasteiger partial charge in [-0.1, -0.05) is 31.0 Å². The zero-order chi connectivity index (χ0) is 11.3. The van der Waals surface area contributed by atoms with Gasteiger partial charge < -0.3 is 10.5 Å². The standard InChI is InChI=1S/C12H18ClNO/c1-3-4-11(14)8-15-12-7-10(13)6-5-9(12)2/h5-7,11H,3-4,8,14H2,1-2H3. The van der Waals surface area contributed by atoms with Gasteiger partial charge in [0.2, 0.25) is 0 Å². The second-order valence-corrected chi connectivity index (χ2v) is 4.21. The first-order chi connectivity index (χ1) is 7.13. The molecule has 0 fully saturated rings. The lowest BCUT2D eigenvalue weighted by Gasteiger charge is -2.13. The van der Waals surface area contributed by atoms with Crippen molar-refractivity contribution in [3.63, 3.8) is 0 Å². The molecule has 3 heteroatoms. The molecule has 1 rings (SSSR count). The molecule has 0 spiro atoms. The molecule has 84 valence electrons. The molecule has 15 heavy (non-hydrogen) atoms. The molecule has 0 heterocycles. The lowest BCUT2D eigenvalue weighted by Crippen LogP contribution is -2.27. The van der Waals surface area contributed by atoms with Gasteiger partial charge in [-0.05, 0) is 31.0 Å². The number of halogens is 1. The van der Waals surface area contributed by atoms with Gasteiger partial charge in [0.25, 0.3) is 0 Å². The summed E-state index contributed by atoms with van der Waals surface area (Å²) >= 11 is 5.88. The van der Waals surface area contributed by atoms with Gasteiger partial charge >= 0.3 is 0 Å². The van der Waals surface area contributed by atoms with E-state index < -0.39 is 0 Å². The van der Waals surface area contributed by atoms with E-state index in [1.165, 1.54) is 0 Å². The molecule has 1 aromatic rings. The molecule has 0 saturated carbocycles. The highest BCUT2D eigenvalue weighted by atomic mass is 35.5. The van der Waals surface area contributed by atoms with E-state index in [-0.39, 0.29) is 6.04 Å². The molecule has 0 aliphatic rings. The normalized spacial score (nSPS) is 12.5. The average Bonchev–Trinajstić information content (AvgIpc) is 2.20. The van der Waals surface area contributed by atoms with Crippen LogP contribution in [0.3, 0.4) is 0 Å². The summed E-state index contributed by atoms with van der Waals surface area (Å²) in [6, 6.07) is 5.74. The molecule has 0 bridgehead atoms. The van der Waals surface area contributed by atoms with Crippen molar-refractivity contribution >= 4 is 11.6 Å². The summed E-state index contributed by atoms with van der Waals surface area (Å²) in [5.41, 5.74) is 6.95. The number of rotatable bonds is 5. The Kier molecular flexibility index (Phi) is 4.92. The third kappa shape index (κ3) is 4.10. The Bertz CT molecular complexity index is 314. The number of benzene rings is 1. The van der Waals surface area contributed by atoms with Crippen LogP contribution < -0.4 is 10.5 Å². The van der Waals surface area contributed by atoms with Crippen LogP contribution >= 0.6 is 11.6 Å². The van der Waals surface area contributed by atoms with Gasteiger partial charge in [-0.2, -0.15) is 0 Å². The van der Waals surface area contributed by atoms with Crippen molar-refractivity contribution < 1.29 is 4.74 Å². The highest BCUT2D eigenvalue weighted by molar-refractivity contribution is 6.30. The van der Waals surface area contributed by atoms with Crippen LogP contribution in [0.4, 0.5) is 0 Å². The number of ether oxygens (including phenoxy) is 1. The van der Waals surface area contributed by atoms with Crippen molar-refractivity contribution in [2.75, 3.05) is 6.61 Å². The van der Waals surface area contributed by atoms with E-state index >= 15 is 0 Å². The predicted molar refractivity (Wildman–Crippen MR) is 64.6 cm³/mol. The molecule has 2 N–H and O–H groups in total. The topological polar surface area (TPSA) is 35.2 Å². The minimum Gasteiger partial charge on any atom is -0.492 e. The van der Waals surface area contributed by atoms with Gasteiger partial charge in [-0.15, -0.1) is 0 Å². The fraction of sp³-hybridized carbons (Fsp3) is 0.500. The Morgan fingerprint density at radius 2 is 2.20 bits per heavy atom. The van der Waals surface area contributed by atoms with Gasteiger partial charge in [0.05, 0.1) is 0 Å². The van der Waals surface area contributed by atoms with Crippen LogP contribution in [0, 0.1) is 6.92 Å². The Morgan fingerprint density at radius 3 is 2.87 bits per heavy atom. The Morgan fingerprint density at radius 1 is 1.47 bits per heavy atom. The first kappa shape index (κ1) is 12.3. The molecule has 2 nitrogen and oxygen atoms in total. The fourth-order valence-electron chi connectivity index (χ4n) is 1.38. The highest BCUT2D eigenvalue weighted by Crippen LogP contribution is 2.22. The van der Waals surface area contributed by atoms with Crippen molar-refractivity contribution in [3.05, 3.63) is 28.8 Å². The summed E-state index contributed by atoms with van der Waals surface area (Å²) in [5, 5.41) is 0.694. The molecule has 0 amide bonds. The maximum atomic E-state index is 5.88.